The van der Waals surface area contributed by atoms with Gasteiger partial charge in [-0.2, -0.15) is 0 Å². The van der Waals surface area contributed by atoms with Crippen LogP contribution in [0.3, 0.4) is 0 Å². The van der Waals surface area contributed by atoms with Gasteiger partial charge in [-0.05, 0) is 23.6 Å². The molecule has 0 aromatic heterocycles. The fraction of sp³-hybridized carbons (Fsp3) is 0.250. The number of methoxy groups -OCH3 is 1. The quantitative estimate of drug-likeness (QED) is 0.789. The number of para-hydroxylation sites is 1. The minimum absolute atomic E-state index is 0.223. The molecule has 0 saturated heterocycles. The largest absolute Gasteiger partial charge is 0.468 e. The van der Waals surface area contributed by atoms with E-state index >= 15 is 0 Å². The van der Waals surface area contributed by atoms with E-state index in [0.717, 1.165) is 17.7 Å². The molecule has 1 heterocycles. The Morgan fingerprint density at radius 2 is 1.78 bits per heavy atom. The Morgan fingerprint density at radius 3 is 2.52 bits per heavy atom. The molecule has 0 unspecified atom stereocenters. The summed E-state index contributed by atoms with van der Waals surface area (Å²) in [6, 6.07) is 15.3. The van der Waals surface area contributed by atoms with Gasteiger partial charge in [0.05, 0.1) is 7.11 Å². The summed E-state index contributed by atoms with van der Waals surface area (Å²) >= 11 is 0. The Labute approximate surface area is 157 Å². The van der Waals surface area contributed by atoms with Crippen molar-refractivity contribution in [1.82, 2.24) is 10.6 Å². The summed E-state index contributed by atoms with van der Waals surface area (Å²) in [5.74, 6) is -0.791. The van der Waals surface area contributed by atoms with Crippen molar-refractivity contribution in [2.45, 2.75) is 12.5 Å². The van der Waals surface area contributed by atoms with Crippen molar-refractivity contribution in [2.75, 3.05) is 25.1 Å². The van der Waals surface area contributed by atoms with Gasteiger partial charge in [0.2, 0.25) is 0 Å². The number of ether oxygens (including phenoxy) is 1. The number of nitrogens with one attached hydrogen (secondary N) is 2. The van der Waals surface area contributed by atoms with E-state index in [1.807, 2.05) is 42.5 Å². The average molecular weight is 367 g/mol. The average Bonchev–Trinajstić information content (AvgIpc) is 3.14. The first-order valence-corrected chi connectivity index (χ1v) is 8.65. The summed E-state index contributed by atoms with van der Waals surface area (Å²) in [7, 11) is 1.24. The molecule has 2 aromatic rings. The Kier molecular flexibility index (Phi) is 5.71. The highest BCUT2D eigenvalue weighted by Gasteiger charge is 2.32. The second-order valence-corrected chi connectivity index (χ2v) is 6.12. The Balaban J connectivity index is 1.80. The van der Waals surface area contributed by atoms with Gasteiger partial charge in [-0.25, -0.2) is 4.79 Å². The molecule has 7 nitrogen and oxygen atoms in total. The van der Waals surface area contributed by atoms with Crippen LogP contribution in [0.25, 0.3) is 0 Å². The fourth-order valence-electron chi connectivity index (χ4n) is 3.06. The highest BCUT2D eigenvalue weighted by Crippen LogP contribution is 2.30. The van der Waals surface area contributed by atoms with Crippen molar-refractivity contribution in [1.29, 1.82) is 0 Å². The lowest BCUT2D eigenvalue weighted by atomic mass is 10.1. The van der Waals surface area contributed by atoms with E-state index in [2.05, 4.69) is 15.4 Å². The lowest BCUT2D eigenvalue weighted by Gasteiger charge is -2.25. The van der Waals surface area contributed by atoms with E-state index in [9.17, 15) is 14.4 Å². The predicted octanol–water partition coefficient (Wildman–Crippen LogP) is 1.79. The van der Waals surface area contributed by atoms with Gasteiger partial charge >= 0.3 is 12.0 Å². The van der Waals surface area contributed by atoms with Crippen LogP contribution in [0.15, 0.2) is 54.6 Å². The zero-order chi connectivity index (χ0) is 19.2. The molecule has 2 N–H and O–H groups in total. The van der Waals surface area contributed by atoms with E-state index in [1.165, 1.54) is 7.11 Å². The molecule has 1 aliphatic rings. The second kappa shape index (κ2) is 8.35. The van der Waals surface area contributed by atoms with E-state index in [0.29, 0.717) is 12.1 Å². The number of anilines is 1. The molecule has 3 rings (SSSR count). The molecule has 2 aromatic carbocycles. The van der Waals surface area contributed by atoms with Crippen molar-refractivity contribution >= 4 is 23.6 Å². The maximum absolute atomic E-state index is 13.2. The number of fused-ring (bicyclic) bond motifs is 1. The molecule has 0 saturated carbocycles. The van der Waals surface area contributed by atoms with Crippen LogP contribution < -0.4 is 15.5 Å². The molecule has 3 amide bonds. The van der Waals surface area contributed by atoms with Gasteiger partial charge in [-0.15, -0.1) is 0 Å². The van der Waals surface area contributed by atoms with Gasteiger partial charge in [0, 0.05) is 12.2 Å². The lowest BCUT2D eigenvalue weighted by Crippen LogP contribution is -2.47. The zero-order valence-electron chi connectivity index (χ0n) is 15.0. The van der Waals surface area contributed by atoms with Gasteiger partial charge in [-0.1, -0.05) is 48.5 Å². The molecule has 0 spiro atoms. The Morgan fingerprint density at radius 1 is 1.07 bits per heavy atom. The first-order chi connectivity index (χ1) is 13.1. The topological polar surface area (TPSA) is 87.7 Å². The number of esters is 1. The summed E-state index contributed by atoms with van der Waals surface area (Å²) in [6.07, 6.45) is 0.776. The minimum Gasteiger partial charge on any atom is -0.468 e. The molecule has 27 heavy (non-hydrogen) atoms. The number of benzene rings is 2. The van der Waals surface area contributed by atoms with Crippen LogP contribution in [0, 0.1) is 0 Å². The number of amides is 3. The Bertz CT molecular complexity index is 838. The van der Waals surface area contributed by atoms with Gasteiger partial charge in [0.15, 0.2) is 0 Å². The van der Waals surface area contributed by atoms with Gasteiger partial charge in [-0.3, -0.25) is 9.59 Å². The number of carbonyl (C=O) groups excluding carboxylic acids is 3. The SMILES string of the molecule is COC(=O)CNC(=O)N[C@@H](C(=O)N1CCc2ccccc21)c1ccccc1. The summed E-state index contributed by atoms with van der Waals surface area (Å²) in [6.45, 7) is 0.289. The van der Waals surface area contributed by atoms with E-state index in [1.54, 1.807) is 17.0 Å². The molecular weight excluding hydrogens is 346 g/mol. The summed E-state index contributed by atoms with van der Waals surface area (Å²) in [4.78, 5) is 38.3. The Hall–Kier alpha value is -3.35. The highest BCUT2D eigenvalue weighted by atomic mass is 16.5. The summed E-state index contributed by atoms with van der Waals surface area (Å²) in [5, 5.41) is 5.07. The first kappa shape index (κ1) is 18.4. The third-order valence-corrected chi connectivity index (χ3v) is 4.43. The van der Waals surface area contributed by atoms with Crippen molar-refractivity contribution in [3.8, 4) is 0 Å². The number of carbonyl (C=O) groups is 3. The molecule has 0 radical (unpaired) electrons. The van der Waals surface area contributed by atoms with Crippen LogP contribution in [0.5, 0.6) is 0 Å². The maximum Gasteiger partial charge on any atom is 0.325 e. The third-order valence-electron chi connectivity index (χ3n) is 4.43. The highest BCUT2D eigenvalue weighted by molar-refractivity contribution is 6.01. The van der Waals surface area contributed by atoms with Crippen LogP contribution in [0.1, 0.15) is 17.2 Å². The van der Waals surface area contributed by atoms with Crippen LogP contribution in [0.2, 0.25) is 0 Å². The third kappa shape index (κ3) is 4.25. The number of rotatable bonds is 5. The standard InChI is InChI=1S/C20H21N3O4/c1-27-17(24)13-21-20(26)22-18(15-8-3-2-4-9-15)19(25)23-12-11-14-7-5-6-10-16(14)23/h2-10,18H,11-13H2,1H3,(H2,21,22,26)/t18-/m1/s1. The zero-order valence-corrected chi connectivity index (χ0v) is 15.0. The monoisotopic (exact) mass is 367 g/mol. The van der Waals surface area contributed by atoms with Crippen molar-refractivity contribution in [3.05, 3.63) is 65.7 Å². The van der Waals surface area contributed by atoms with Gasteiger partial charge in [0.25, 0.3) is 5.91 Å². The van der Waals surface area contributed by atoms with Crippen LogP contribution in [0.4, 0.5) is 10.5 Å². The molecule has 0 aliphatic carbocycles. The fourth-order valence-corrected chi connectivity index (χ4v) is 3.06. The number of nitrogens with zero attached hydrogens (tertiary/aromatic N) is 1. The molecule has 0 fully saturated rings. The van der Waals surface area contributed by atoms with Crippen LogP contribution in [-0.2, 0) is 20.7 Å². The summed E-state index contributed by atoms with van der Waals surface area (Å²) in [5.41, 5.74) is 2.63. The number of hydrogen-bond donors (Lipinski definition) is 2. The number of hydrogen-bond acceptors (Lipinski definition) is 4. The smallest absolute Gasteiger partial charge is 0.325 e. The van der Waals surface area contributed by atoms with E-state index < -0.39 is 18.0 Å². The molecular formula is C20H21N3O4. The number of urea groups is 1. The van der Waals surface area contributed by atoms with Crippen molar-refractivity contribution in [3.63, 3.8) is 0 Å². The first-order valence-electron chi connectivity index (χ1n) is 8.65. The van der Waals surface area contributed by atoms with Gasteiger partial charge in [0.1, 0.15) is 12.6 Å². The van der Waals surface area contributed by atoms with E-state index in [4.69, 9.17) is 0 Å². The van der Waals surface area contributed by atoms with Gasteiger partial charge < -0.3 is 20.3 Å². The second-order valence-electron chi connectivity index (χ2n) is 6.12. The molecule has 1 atom stereocenters. The van der Waals surface area contributed by atoms with E-state index in [-0.39, 0.29) is 12.5 Å². The lowest BCUT2D eigenvalue weighted by molar-refractivity contribution is -0.139. The molecule has 7 heteroatoms. The molecule has 0 bridgehead atoms. The van der Waals surface area contributed by atoms with Crippen LogP contribution in [-0.4, -0.2) is 38.1 Å². The van der Waals surface area contributed by atoms with Crippen molar-refractivity contribution < 1.29 is 19.1 Å². The predicted molar refractivity (Wildman–Crippen MR) is 100 cm³/mol. The molecule has 1 aliphatic heterocycles. The van der Waals surface area contributed by atoms with Crippen molar-refractivity contribution in [2.24, 2.45) is 0 Å². The summed E-state index contributed by atoms with van der Waals surface area (Å²) < 4.78 is 4.50. The van der Waals surface area contributed by atoms with Crippen LogP contribution >= 0.6 is 0 Å². The maximum atomic E-state index is 13.2. The molecule has 140 valence electrons. The minimum atomic E-state index is -0.866. The normalized spacial score (nSPS) is 13.4.